The van der Waals surface area contributed by atoms with Crippen LogP contribution in [0.4, 0.5) is 5.69 Å². The Labute approximate surface area is 113 Å². The van der Waals surface area contributed by atoms with Gasteiger partial charge in [0, 0.05) is 18.8 Å². The number of aliphatic hydroxyl groups excluding tert-OH is 1. The third-order valence-corrected chi connectivity index (χ3v) is 2.45. The van der Waals surface area contributed by atoms with Gasteiger partial charge in [-0.05, 0) is 31.0 Å². The first-order valence-electron chi connectivity index (χ1n) is 5.12. The fraction of sp³-hybridized carbons (Fsp3) is 0.364. The zero-order valence-corrected chi connectivity index (χ0v) is 10.8. The van der Waals surface area contributed by atoms with E-state index in [0.29, 0.717) is 0 Å². The molecule has 1 aromatic carbocycles. The smallest absolute Gasteiger partial charge is 0.0958 e. The molecule has 17 heavy (non-hydrogen) atoms. The average molecular weight is 276 g/mol. The molecule has 0 saturated heterocycles. The molecule has 0 radical (unpaired) electrons. The molecule has 0 fully saturated rings. The summed E-state index contributed by atoms with van der Waals surface area (Å²) in [6.45, 7) is 1.14. The molecule has 96 valence electrons. The Kier molecular flexibility index (Phi) is 6.95. The molecule has 2 aromatic rings. The zero-order chi connectivity index (χ0) is 10.7. The lowest BCUT2D eigenvalue weighted by Crippen LogP contribution is -3.00. The molecule has 1 aromatic heterocycles. The first-order chi connectivity index (χ1) is 7.31. The molecule has 3 N–H and O–H groups in total. The number of nitrogens with two attached hydrogens (primary N) is 1. The van der Waals surface area contributed by atoms with Crippen LogP contribution in [0.15, 0.2) is 24.5 Å². The monoisotopic (exact) mass is 275 g/mol. The van der Waals surface area contributed by atoms with Gasteiger partial charge in [0.05, 0.1) is 17.4 Å². The van der Waals surface area contributed by atoms with Crippen molar-refractivity contribution in [3.63, 3.8) is 0 Å². The Morgan fingerprint density at radius 3 is 2.71 bits per heavy atom. The van der Waals surface area contributed by atoms with E-state index in [9.17, 15) is 0 Å². The number of hydrogen-bond donors (Lipinski definition) is 2. The van der Waals surface area contributed by atoms with Gasteiger partial charge in [-0.25, -0.2) is 4.98 Å². The van der Waals surface area contributed by atoms with E-state index in [-0.39, 0.29) is 31.4 Å². The number of anilines is 1. The maximum absolute atomic E-state index is 8.70. The maximum Gasteiger partial charge on any atom is 0.0958 e. The Hall–Kier alpha value is -0.970. The van der Waals surface area contributed by atoms with E-state index in [2.05, 4.69) is 9.55 Å². The third kappa shape index (κ3) is 3.77. The van der Waals surface area contributed by atoms with Gasteiger partial charge >= 0.3 is 0 Å². The number of nitrogen functional groups attached to an aromatic ring is 1. The highest BCUT2D eigenvalue weighted by molar-refractivity contribution is 5.78. The van der Waals surface area contributed by atoms with Crippen molar-refractivity contribution in [1.29, 1.82) is 0 Å². The number of benzene rings is 1. The lowest BCUT2D eigenvalue weighted by Gasteiger charge is -2.02. The average Bonchev–Trinajstić information content (AvgIpc) is 2.61. The molecule has 0 unspecified atom stereocenters. The first kappa shape index (κ1) is 16.0. The Balaban J connectivity index is 0.00000128. The molecule has 4 nitrogen and oxygen atoms in total. The highest BCUT2D eigenvalue weighted by atomic mass is 35.5. The van der Waals surface area contributed by atoms with Crippen LogP contribution < -0.4 is 30.5 Å². The summed E-state index contributed by atoms with van der Waals surface area (Å²) < 4.78 is 2.09. The summed E-state index contributed by atoms with van der Waals surface area (Å²) in [5.41, 5.74) is 8.44. The van der Waals surface area contributed by atoms with Gasteiger partial charge in [0.2, 0.25) is 0 Å². The van der Waals surface area contributed by atoms with E-state index >= 15 is 0 Å². The van der Waals surface area contributed by atoms with Gasteiger partial charge < -0.3 is 40.2 Å². The van der Waals surface area contributed by atoms with Crippen LogP contribution in [0.5, 0.6) is 0 Å². The second-order valence-electron chi connectivity index (χ2n) is 3.62. The van der Waals surface area contributed by atoms with Crippen LogP contribution in [-0.4, -0.2) is 21.3 Å². The van der Waals surface area contributed by atoms with Crippen LogP contribution >= 0.6 is 0 Å². The number of imidazole rings is 1. The molecule has 6 heteroatoms. The standard InChI is InChI=1S/C11H15N3O.2ClH/c12-9-3-4-11-10(7-9)13-8-14(11)5-1-2-6-15;;/h3-4,7-8,15H,1-2,5-6,12H2;2*1H/p-2. The molecule has 0 spiro atoms. The van der Waals surface area contributed by atoms with Crippen molar-refractivity contribution in [1.82, 2.24) is 9.55 Å². The number of aromatic nitrogens is 2. The van der Waals surface area contributed by atoms with Crippen LogP contribution in [0.1, 0.15) is 12.8 Å². The Bertz CT molecular complexity index is 459. The molecule has 1 heterocycles. The number of unbranched alkanes of at least 4 members (excludes halogenated alkanes) is 1. The van der Waals surface area contributed by atoms with Crippen LogP contribution in [-0.2, 0) is 6.54 Å². The molecule has 0 aliphatic heterocycles. The lowest BCUT2D eigenvalue weighted by molar-refractivity contribution is -0.00100. The molecule has 0 saturated carbocycles. The van der Waals surface area contributed by atoms with Gasteiger partial charge in [-0.2, -0.15) is 0 Å². The fourth-order valence-corrected chi connectivity index (χ4v) is 1.65. The van der Waals surface area contributed by atoms with Crippen molar-refractivity contribution in [2.24, 2.45) is 0 Å². The normalized spacial score (nSPS) is 9.71. The number of hydrogen-bond acceptors (Lipinski definition) is 3. The van der Waals surface area contributed by atoms with Crippen LogP contribution in [0.3, 0.4) is 0 Å². The summed E-state index contributed by atoms with van der Waals surface area (Å²) in [7, 11) is 0. The van der Waals surface area contributed by atoms with Gasteiger partial charge in [0.1, 0.15) is 0 Å². The molecule has 0 aliphatic carbocycles. The molecular weight excluding hydrogens is 261 g/mol. The second-order valence-corrected chi connectivity index (χ2v) is 3.62. The third-order valence-electron chi connectivity index (χ3n) is 2.45. The SMILES string of the molecule is Nc1ccc2c(c1)ncn2CCCCO.[Cl-].[Cl-]. The number of nitrogens with zero attached hydrogens (tertiary/aromatic N) is 2. The summed E-state index contributed by atoms with van der Waals surface area (Å²) in [6.07, 6.45) is 3.61. The highest BCUT2D eigenvalue weighted by Gasteiger charge is 2.01. The minimum Gasteiger partial charge on any atom is -1.00 e. The van der Waals surface area contributed by atoms with E-state index in [1.807, 2.05) is 24.5 Å². The van der Waals surface area contributed by atoms with Crippen molar-refractivity contribution in [2.45, 2.75) is 19.4 Å². The minimum atomic E-state index is 0. The predicted octanol–water partition coefficient (Wildman–Crippen LogP) is -4.60. The van der Waals surface area contributed by atoms with Gasteiger partial charge in [0.15, 0.2) is 0 Å². The number of aliphatic hydroxyl groups is 1. The fourth-order valence-electron chi connectivity index (χ4n) is 1.65. The molecule has 2 rings (SSSR count). The topological polar surface area (TPSA) is 64.1 Å². The summed E-state index contributed by atoms with van der Waals surface area (Å²) in [5, 5.41) is 8.70. The summed E-state index contributed by atoms with van der Waals surface area (Å²) in [4.78, 5) is 4.28. The summed E-state index contributed by atoms with van der Waals surface area (Å²) in [6, 6.07) is 5.74. The highest BCUT2D eigenvalue weighted by Crippen LogP contribution is 2.16. The van der Waals surface area contributed by atoms with Crippen LogP contribution in [0.2, 0.25) is 0 Å². The van der Waals surface area contributed by atoms with Crippen molar-refractivity contribution >= 4 is 16.7 Å². The van der Waals surface area contributed by atoms with E-state index in [0.717, 1.165) is 36.1 Å². The Morgan fingerprint density at radius 1 is 1.24 bits per heavy atom. The van der Waals surface area contributed by atoms with E-state index < -0.39 is 0 Å². The summed E-state index contributed by atoms with van der Waals surface area (Å²) >= 11 is 0. The second kappa shape index (κ2) is 7.37. The molecule has 0 amide bonds. The number of halogens is 2. The molecular formula is C11H15Cl2N3O-2. The van der Waals surface area contributed by atoms with Crippen molar-refractivity contribution in [2.75, 3.05) is 12.3 Å². The largest absolute Gasteiger partial charge is 1.00 e. The molecule has 0 bridgehead atoms. The van der Waals surface area contributed by atoms with E-state index in [4.69, 9.17) is 10.8 Å². The predicted molar refractivity (Wildman–Crippen MR) is 60.5 cm³/mol. The Morgan fingerprint density at radius 2 is 2.00 bits per heavy atom. The first-order valence-corrected chi connectivity index (χ1v) is 5.12. The lowest BCUT2D eigenvalue weighted by atomic mass is 10.2. The number of aryl methyl sites for hydroxylation is 1. The van der Waals surface area contributed by atoms with Crippen molar-refractivity contribution in [3.8, 4) is 0 Å². The van der Waals surface area contributed by atoms with E-state index in [1.54, 1.807) is 0 Å². The van der Waals surface area contributed by atoms with Crippen LogP contribution in [0, 0.1) is 0 Å². The van der Waals surface area contributed by atoms with Crippen molar-refractivity contribution < 1.29 is 29.9 Å². The quantitative estimate of drug-likeness (QED) is 0.436. The zero-order valence-electron chi connectivity index (χ0n) is 9.31. The van der Waals surface area contributed by atoms with Gasteiger partial charge in [-0.3, -0.25) is 0 Å². The summed E-state index contributed by atoms with van der Waals surface area (Å²) in [5.74, 6) is 0. The molecule has 0 aliphatic rings. The van der Waals surface area contributed by atoms with Crippen LogP contribution in [0.25, 0.3) is 11.0 Å². The minimum absolute atomic E-state index is 0. The maximum atomic E-state index is 8.70. The van der Waals surface area contributed by atoms with Gasteiger partial charge in [-0.1, -0.05) is 0 Å². The van der Waals surface area contributed by atoms with Gasteiger partial charge in [-0.15, -0.1) is 0 Å². The van der Waals surface area contributed by atoms with E-state index in [1.165, 1.54) is 0 Å². The number of rotatable bonds is 4. The van der Waals surface area contributed by atoms with Crippen molar-refractivity contribution in [3.05, 3.63) is 24.5 Å². The number of fused-ring (bicyclic) bond motifs is 1. The van der Waals surface area contributed by atoms with Gasteiger partial charge in [0.25, 0.3) is 0 Å². The molecule has 0 atom stereocenters.